The summed E-state index contributed by atoms with van der Waals surface area (Å²) in [4.78, 5) is 28.6. The highest BCUT2D eigenvalue weighted by Crippen LogP contribution is 2.27. The van der Waals surface area contributed by atoms with E-state index < -0.39 is 11.4 Å². The van der Waals surface area contributed by atoms with Gasteiger partial charge in [-0.1, -0.05) is 18.2 Å². The number of benzene rings is 3. The molecule has 1 aromatic heterocycles. The number of ether oxygens (including phenoxy) is 2. The molecule has 1 amide bonds. The minimum atomic E-state index is -0.561. The summed E-state index contributed by atoms with van der Waals surface area (Å²) in [5.74, 6) is 0.406. The molecule has 0 saturated heterocycles. The second-order valence-electron chi connectivity index (χ2n) is 7.48. The number of aromatic nitrogens is 2. The highest BCUT2D eigenvalue weighted by Gasteiger charge is 2.13. The van der Waals surface area contributed by atoms with E-state index >= 15 is 0 Å². The van der Waals surface area contributed by atoms with Crippen LogP contribution in [0.5, 0.6) is 11.5 Å². The van der Waals surface area contributed by atoms with Gasteiger partial charge >= 0.3 is 0 Å². The van der Waals surface area contributed by atoms with Crippen LogP contribution >= 0.6 is 12.2 Å². The van der Waals surface area contributed by atoms with Crippen LogP contribution < -0.4 is 20.3 Å². The van der Waals surface area contributed by atoms with Gasteiger partial charge in [-0.05, 0) is 66.7 Å². The Hall–Kier alpha value is -3.98. The Morgan fingerprint density at radius 2 is 1.82 bits per heavy atom. The number of H-pyrrole nitrogens is 1. The standard InChI is InChI=1S/C25H22FN3O4S/c1-32-21-10-7-15(13-22(21)33-2)11-12-27-23(30)16-8-9-17-19(14-16)28-25(34)29(24(17)31)20-6-4-3-5-18(20)26/h3-10,13-14H,11-12H2,1-2H3,(H,27,30)(H,28,34). The number of halogens is 1. The second-order valence-corrected chi connectivity index (χ2v) is 7.86. The lowest BCUT2D eigenvalue weighted by molar-refractivity contribution is 0.0954. The van der Waals surface area contributed by atoms with Crippen molar-refractivity contribution in [2.75, 3.05) is 20.8 Å². The number of hydrogen-bond acceptors (Lipinski definition) is 5. The van der Waals surface area contributed by atoms with Gasteiger partial charge in [0.1, 0.15) is 5.82 Å². The molecule has 2 N–H and O–H groups in total. The number of aromatic amines is 1. The molecular formula is C25H22FN3O4S. The van der Waals surface area contributed by atoms with E-state index in [0.29, 0.717) is 40.9 Å². The van der Waals surface area contributed by atoms with Gasteiger partial charge in [0.05, 0.1) is 30.8 Å². The Labute approximate surface area is 199 Å². The molecule has 4 rings (SSSR count). The smallest absolute Gasteiger partial charge is 0.266 e. The first-order valence-electron chi connectivity index (χ1n) is 10.5. The Bertz CT molecular complexity index is 1500. The number of nitrogens with one attached hydrogen (secondary N) is 2. The van der Waals surface area contributed by atoms with Crippen molar-refractivity contribution >= 4 is 29.0 Å². The molecule has 1 heterocycles. The third kappa shape index (κ3) is 4.55. The third-order valence-corrected chi connectivity index (χ3v) is 5.69. The summed E-state index contributed by atoms with van der Waals surface area (Å²) in [6.07, 6.45) is 0.593. The van der Waals surface area contributed by atoms with Crippen LogP contribution in [0, 0.1) is 10.6 Å². The van der Waals surface area contributed by atoms with Crippen LogP contribution in [-0.4, -0.2) is 36.2 Å². The summed E-state index contributed by atoms with van der Waals surface area (Å²) in [6, 6.07) is 16.1. The first-order chi connectivity index (χ1) is 16.4. The molecule has 0 fully saturated rings. The maximum Gasteiger partial charge on any atom is 0.266 e. The van der Waals surface area contributed by atoms with Crippen LogP contribution in [0.4, 0.5) is 4.39 Å². The normalized spacial score (nSPS) is 10.8. The van der Waals surface area contributed by atoms with Gasteiger partial charge in [-0.15, -0.1) is 0 Å². The average Bonchev–Trinajstić information content (AvgIpc) is 2.84. The number of para-hydroxylation sites is 1. The number of carbonyl (C=O) groups is 1. The molecule has 0 aliphatic carbocycles. The molecule has 0 radical (unpaired) electrons. The maximum atomic E-state index is 14.2. The summed E-state index contributed by atoms with van der Waals surface area (Å²) in [6.45, 7) is 0.400. The van der Waals surface area contributed by atoms with Crippen LogP contribution in [0.15, 0.2) is 65.5 Å². The lowest BCUT2D eigenvalue weighted by Crippen LogP contribution is -2.26. The van der Waals surface area contributed by atoms with Gasteiger partial charge < -0.3 is 19.8 Å². The molecule has 4 aromatic rings. The van der Waals surface area contributed by atoms with E-state index in [-0.39, 0.29) is 16.4 Å². The predicted octanol–water partition coefficient (Wildman–Crippen LogP) is 4.18. The Morgan fingerprint density at radius 1 is 1.06 bits per heavy atom. The molecule has 9 heteroatoms. The fraction of sp³-hybridized carbons (Fsp3) is 0.160. The number of methoxy groups -OCH3 is 2. The van der Waals surface area contributed by atoms with Crippen molar-refractivity contribution in [3.05, 3.63) is 92.7 Å². The molecule has 0 aliphatic rings. The molecule has 174 valence electrons. The van der Waals surface area contributed by atoms with Gasteiger partial charge in [0.15, 0.2) is 16.3 Å². The van der Waals surface area contributed by atoms with Gasteiger partial charge in [0.2, 0.25) is 0 Å². The zero-order chi connectivity index (χ0) is 24.2. The number of amides is 1. The fourth-order valence-electron chi connectivity index (χ4n) is 3.67. The number of hydrogen-bond donors (Lipinski definition) is 2. The van der Waals surface area contributed by atoms with E-state index in [1.54, 1.807) is 32.4 Å². The van der Waals surface area contributed by atoms with Crippen LogP contribution in [0.1, 0.15) is 15.9 Å². The Balaban J connectivity index is 1.53. The molecule has 34 heavy (non-hydrogen) atoms. The van der Waals surface area contributed by atoms with Crippen molar-refractivity contribution < 1.29 is 18.7 Å². The summed E-state index contributed by atoms with van der Waals surface area (Å²) in [5.41, 5.74) is 1.34. The zero-order valence-electron chi connectivity index (χ0n) is 18.6. The largest absolute Gasteiger partial charge is 0.493 e. The van der Waals surface area contributed by atoms with Crippen molar-refractivity contribution in [1.29, 1.82) is 0 Å². The van der Waals surface area contributed by atoms with Crippen molar-refractivity contribution in [3.8, 4) is 17.2 Å². The van der Waals surface area contributed by atoms with Gasteiger partial charge in [0, 0.05) is 12.1 Å². The summed E-state index contributed by atoms with van der Waals surface area (Å²) < 4.78 is 25.9. The number of rotatable bonds is 7. The van der Waals surface area contributed by atoms with Crippen molar-refractivity contribution in [1.82, 2.24) is 14.9 Å². The monoisotopic (exact) mass is 479 g/mol. The van der Waals surface area contributed by atoms with Crippen molar-refractivity contribution in [2.24, 2.45) is 0 Å². The summed E-state index contributed by atoms with van der Waals surface area (Å²) in [5, 5.41) is 3.16. The van der Waals surface area contributed by atoms with Gasteiger partial charge in [0.25, 0.3) is 11.5 Å². The predicted molar refractivity (Wildman–Crippen MR) is 130 cm³/mol. The topological polar surface area (TPSA) is 85.4 Å². The van der Waals surface area contributed by atoms with Crippen LogP contribution in [0.25, 0.3) is 16.6 Å². The van der Waals surface area contributed by atoms with Crippen molar-refractivity contribution in [3.63, 3.8) is 0 Å². The minimum absolute atomic E-state index is 0.0358. The average molecular weight is 480 g/mol. The van der Waals surface area contributed by atoms with Crippen LogP contribution in [0.3, 0.4) is 0 Å². The van der Waals surface area contributed by atoms with E-state index in [1.165, 1.54) is 24.3 Å². The van der Waals surface area contributed by atoms with Gasteiger partial charge in [-0.25, -0.2) is 8.96 Å². The molecule has 0 aliphatic heterocycles. The quantitative estimate of drug-likeness (QED) is 0.389. The van der Waals surface area contributed by atoms with Crippen LogP contribution in [-0.2, 0) is 6.42 Å². The maximum absolute atomic E-state index is 14.2. The van der Waals surface area contributed by atoms with Crippen molar-refractivity contribution in [2.45, 2.75) is 6.42 Å². The van der Waals surface area contributed by atoms with E-state index in [4.69, 9.17) is 21.7 Å². The van der Waals surface area contributed by atoms with Gasteiger partial charge in [-0.3, -0.25) is 9.59 Å². The molecule has 0 unspecified atom stereocenters. The van der Waals surface area contributed by atoms with Gasteiger partial charge in [-0.2, -0.15) is 0 Å². The van der Waals surface area contributed by atoms with E-state index in [0.717, 1.165) is 10.1 Å². The first kappa shape index (κ1) is 23.2. The zero-order valence-corrected chi connectivity index (χ0v) is 19.4. The van der Waals surface area contributed by atoms with E-state index in [2.05, 4.69) is 10.3 Å². The fourth-order valence-corrected chi connectivity index (χ4v) is 3.96. The molecule has 0 saturated carbocycles. The lowest BCUT2D eigenvalue weighted by Gasteiger charge is -2.11. The molecule has 0 atom stereocenters. The molecule has 0 spiro atoms. The molecule has 7 nitrogen and oxygen atoms in total. The van der Waals surface area contributed by atoms with Crippen LogP contribution in [0.2, 0.25) is 0 Å². The highest BCUT2D eigenvalue weighted by atomic mass is 32.1. The molecule has 3 aromatic carbocycles. The lowest BCUT2D eigenvalue weighted by atomic mass is 10.1. The van der Waals surface area contributed by atoms with E-state index in [1.807, 2.05) is 18.2 Å². The summed E-state index contributed by atoms with van der Waals surface area (Å²) in [7, 11) is 3.14. The minimum Gasteiger partial charge on any atom is -0.493 e. The third-order valence-electron chi connectivity index (χ3n) is 5.40. The Morgan fingerprint density at radius 3 is 2.56 bits per heavy atom. The van der Waals surface area contributed by atoms with E-state index in [9.17, 15) is 14.0 Å². The summed E-state index contributed by atoms with van der Waals surface area (Å²) >= 11 is 5.30. The second kappa shape index (κ2) is 9.88. The molecular weight excluding hydrogens is 457 g/mol. The SMILES string of the molecule is COc1ccc(CCNC(=O)c2ccc3c(=O)n(-c4ccccc4F)c(=S)[nH]c3c2)cc1OC. The number of carbonyl (C=O) groups excluding carboxylic acids is 1. The number of nitrogens with zero attached hydrogens (tertiary/aromatic N) is 1. The molecule has 0 bridgehead atoms. The first-order valence-corrected chi connectivity index (χ1v) is 10.9. The highest BCUT2D eigenvalue weighted by molar-refractivity contribution is 7.71. The Kier molecular flexibility index (Phi) is 6.74. The number of fused-ring (bicyclic) bond motifs is 1.